The van der Waals surface area contributed by atoms with Gasteiger partial charge in [-0.15, -0.1) is 0 Å². The van der Waals surface area contributed by atoms with Gasteiger partial charge < -0.3 is 25.2 Å². The predicted molar refractivity (Wildman–Crippen MR) is 88.7 cm³/mol. The number of esters is 1. The van der Waals surface area contributed by atoms with Crippen LogP contribution in [0.2, 0.25) is 0 Å². The number of aromatic carboxylic acids is 1. The fourth-order valence-electron chi connectivity index (χ4n) is 2.54. The summed E-state index contributed by atoms with van der Waals surface area (Å²) in [5.74, 6) is -3.21. The molecule has 2 aromatic carbocycles. The molecular weight excluding hydrogens is 328 g/mol. The van der Waals surface area contributed by atoms with E-state index in [1.54, 1.807) is 6.92 Å². The fraction of sp³-hybridized carbons (Fsp3) is 0.222. The van der Waals surface area contributed by atoms with Gasteiger partial charge in [-0.05, 0) is 51.0 Å². The van der Waals surface area contributed by atoms with Crippen molar-refractivity contribution < 1.29 is 34.8 Å². The van der Waals surface area contributed by atoms with E-state index in [-0.39, 0.29) is 33.8 Å². The number of carboxylic acid groups (broad SMARTS) is 1. The number of aryl methyl sites for hydroxylation is 2. The number of hydrogen-bond acceptors (Lipinski definition) is 6. The highest BCUT2D eigenvalue weighted by Crippen LogP contribution is 2.37. The van der Waals surface area contributed by atoms with E-state index in [2.05, 4.69) is 0 Å². The minimum Gasteiger partial charge on any atom is -0.507 e. The molecule has 0 unspecified atom stereocenters. The first-order chi connectivity index (χ1) is 11.6. The van der Waals surface area contributed by atoms with Crippen molar-refractivity contribution in [2.45, 2.75) is 27.7 Å². The molecule has 0 atom stereocenters. The third-order valence-electron chi connectivity index (χ3n) is 4.01. The normalized spacial score (nSPS) is 10.6. The van der Waals surface area contributed by atoms with Crippen LogP contribution < -0.4 is 4.74 Å². The van der Waals surface area contributed by atoms with Gasteiger partial charge >= 0.3 is 11.9 Å². The number of carboxylic acids is 1. The van der Waals surface area contributed by atoms with Gasteiger partial charge in [-0.1, -0.05) is 0 Å². The number of hydrogen-bond donors (Lipinski definition) is 4. The Bertz CT molecular complexity index is 897. The molecule has 0 bridgehead atoms. The molecule has 0 aliphatic heterocycles. The Morgan fingerprint density at radius 2 is 1.32 bits per heavy atom. The Morgan fingerprint density at radius 3 is 1.88 bits per heavy atom. The predicted octanol–water partition coefficient (Wildman–Crippen LogP) is 2.95. The van der Waals surface area contributed by atoms with Crippen LogP contribution in [0.1, 0.15) is 43.0 Å². The molecule has 0 radical (unpaired) electrons. The van der Waals surface area contributed by atoms with Gasteiger partial charge in [0, 0.05) is 11.1 Å². The molecule has 7 heteroatoms. The molecule has 0 saturated heterocycles. The molecule has 0 amide bonds. The van der Waals surface area contributed by atoms with Gasteiger partial charge in [0.05, 0.1) is 0 Å². The van der Waals surface area contributed by atoms with Crippen LogP contribution in [0, 0.1) is 27.7 Å². The third kappa shape index (κ3) is 3.08. The maximum atomic E-state index is 12.4. The van der Waals surface area contributed by atoms with Gasteiger partial charge in [-0.25, -0.2) is 9.59 Å². The Morgan fingerprint density at radius 1 is 0.800 bits per heavy atom. The van der Waals surface area contributed by atoms with Crippen molar-refractivity contribution >= 4 is 11.9 Å². The molecular formula is C18H18O7. The van der Waals surface area contributed by atoms with Crippen LogP contribution >= 0.6 is 0 Å². The second-order valence-electron chi connectivity index (χ2n) is 5.80. The second-order valence-corrected chi connectivity index (χ2v) is 5.80. The Labute approximate surface area is 143 Å². The second kappa shape index (κ2) is 6.35. The lowest BCUT2D eigenvalue weighted by atomic mass is 10.0. The van der Waals surface area contributed by atoms with Gasteiger partial charge in [0.1, 0.15) is 34.1 Å². The van der Waals surface area contributed by atoms with E-state index in [0.29, 0.717) is 11.1 Å². The number of aromatic hydroxyl groups is 3. The quantitative estimate of drug-likeness (QED) is 0.497. The first kappa shape index (κ1) is 18.1. The summed E-state index contributed by atoms with van der Waals surface area (Å²) >= 11 is 0. The van der Waals surface area contributed by atoms with E-state index >= 15 is 0 Å². The fourth-order valence-corrected chi connectivity index (χ4v) is 2.54. The van der Waals surface area contributed by atoms with E-state index < -0.39 is 23.4 Å². The van der Waals surface area contributed by atoms with E-state index in [9.17, 15) is 24.9 Å². The Hall–Kier alpha value is -3.22. The van der Waals surface area contributed by atoms with Crippen LogP contribution in [0.25, 0.3) is 0 Å². The molecule has 132 valence electrons. The first-order valence-corrected chi connectivity index (χ1v) is 7.37. The summed E-state index contributed by atoms with van der Waals surface area (Å²) in [7, 11) is 0. The highest BCUT2D eigenvalue weighted by atomic mass is 16.5. The zero-order valence-corrected chi connectivity index (χ0v) is 14.2. The summed E-state index contributed by atoms with van der Waals surface area (Å²) in [6.07, 6.45) is 0. The maximum absolute atomic E-state index is 12.4. The van der Waals surface area contributed by atoms with Crippen molar-refractivity contribution in [1.29, 1.82) is 0 Å². The lowest BCUT2D eigenvalue weighted by Crippen LogP contribution is -2.12. The lowest BCUT2D eigenvalue weighted by molar-refractivity contribution is 0.0693. The molecule has 2 rings (SSSR count). The topological polar surface area (TPSA) is 124 Å². The lowest BCUT2D eigenvalue weighted by Gasteiger charge is -2.15. The van der Waals surface area contributed by atoms with Crippen molar-refractivity contribution in [3.05, 3.63) is 45.5 Å². The third-order valence-corrected chi connectivity index (χ3v) is 4.01. The molecule has 0 heterocycles. The van der Waals surface area contributed by atoms with E-state index in [0.717, 1.165) is 0 Å². The maximum Gasteiger partial charge on any atom is 0.347 e. The summed E-state index contributed by atoms with van der Waals surface area (Å²) in [6.45, 7) is 5.99. The Kier molecular flexibility index (Phi) is 4.60. The molecule has 0 aliphatic carbocycles. The summed E-state index contributed by atoms with van der Waals surface area (Å²) in [4.78, 5) is 23.5. The molecule has 0 spiro atoms. The van der Waals surface area contributed by atoms with Gasteiger partial charge in [-0.3, -0.25) is 0 Å². The van der Waals surface area contributed by atoms with E-state index in [4.69, 9.17) is 9.84 Å². The number of ether oxygens (including phenoxy) is 1. The molecule has 25 heavy (non-hydrogen) atoms. The standard InChI is InChI=1S/C18H18O7/c1-7-5-12(14(20)9(3)13(7)19)18(24)25-16-8(2)6-11(17(22)23)15(21)10(16)4/h5-6,19-21H,1-4H3,(H,22,23). The minimum atomic E-state index is -1.30. The number of benzene rings is 2. The summed E-state index contributed by atoms with van der Waals surface area (Å²) in [5, 5.41) is 38.9. The Balaban J connectivity index is 2.50. The zero-order valence-electron chi connectivity index (χ0n) is 14.2. The largest absolute Gasteiger partial charge is 0.507 e. The average Bonchev–Trinajstić information content (AvgIpc) is 2.55. The van der Waals surface area contributed by atoms with Gasteiger partial charge in [0.25, 0.3) is 0 Å². The van der Waals surface area contributed by atoms with Crippen molar-refractivity contribution in [3.8, 4) is 23.0 Å². The number of phenolic OH excluding ortho intramolecular Hbond substituents is 2. The van der Waals surface area contributed by atoms with Crippen molar-refractivity contribution in [3.63, 3.8) is 0 Å². The van der Waals surface area contributed by atoms with Crippen LogP contribution in [0.3, 0.4) is 0 Å². The highest BCUT2D eigenvalue weighted by molar-refractivity contribution is 5.96. The van der Waals surface area contributed by atoms with Crippen molar-refractivity contribution in [2.75, 3.05) is 0 Å². The van der Waals surface area contributed by atoms with Crippen LogP contribution in [0.4, 0.5) is 0 Å². The average molecular weight is 346 g/mol. The molecule has 7 nitrogen and oxygen atoms in total. The summed E-state index contributed by atoms with van der Waals surface area (Å²) < 4.78 is 5.27. The van der Waals surface area contributed by atoms with Gasteiger partial charge in [0.2, 0.25) is 0 Å². The SMILES string of the molecule is Cc1cc(C(=O)Oc2c(C)cc(C(=O)O)c(O)c2C)c(O)c(C)c1O. The molecule has 0 saturated carbocycles. The van der Waals surface area contributed by atoms with Crippen LogP contribution in [-0.4, -0.2) is 32.4 Å². The molecule has 0 aliphatic rings. The molecule has 4 N–H and O–H groups in total. The minimum absolute atomic E-state index is 0.00952. The zero-order chi connectivity index (χ0) is 19.0. The van der Waals surface area contributed by atoms with Gasteiger partial charge in [0.15, 0.2) is 0 Å². The van der Waals surface area contributed by atoms with Crippen molar-refractivity contribution in [2.24, 2.45) is 0 Å². The van der Waals surface area contributed by atoms with Crippen LogP contribution in [0.5, 0.6) is 23.0 Å². The highest BCUT2D eigenvalue weighted by Gasteiger charge is 2.23. The first-order valence-electron chi connectivity index (χ1n) is 7.37. The van der Waals surface area contributed by atoms with E-state index in [1.807, 2.05) is 0 Å². The summed E-state index contributed by atoms with van der Waals surface area (Å²) in [6, 6.07) is 2.48. The number of carbonyl (C=O) groups is 2. The smallest absolute Gasteiger partial charge is 0.347 e. The molecule has 0 fully saturated rings. The van der Waals surface area contributed by atoms with Gasteiger partial charge in [-0.2, -0.15) is 0 Å². The molecule has 2 aromatic rings. The van der Waals surface area contributed by atoms with Crippen LogP contribution in [0.15, 0.2) is 12.1 Å². The number of carbonyl (C=O) groups excluding carboxylic acids is 1. The number of rotatable bonds is 3. The number of phenols is 3. The summed E-state index contributed by atoms with van der Waals surface area (Å²) in [5.41, 5.74) is 0.525. The van der Waals surface area contributed by atoms with Crippen LogP contribution in [-0.2, 0) is 0 Å². The monoisotopic (exact) mass is 346 g/mol. The van der Waals surface area contributed by atoms with Crippen molar-refractivity contribution in [1.82, 2.24) is 0 Å². The van der Waals surface area contributed by atoms with E-state index in [1.165, 1.54) is 32.9 Å². The molecule has 0 aromatic heterocycles.